The summed E-state index contributed by atoms with van der Waals surface area (Å²) in [6.45, 7) is 3.98. The lowest BCUT2D eigenvalue weighted by molar-refractivity contribution is 0.0866. The van der Waals surface area contributed by atoms with Crippen molar-refractivity contribution in [3.05, 3.63) is 17.5 Å². The molecule has 2 aliphatic rings. The number of carbonyl (C=O) groups excluding carboxylic acids is 1. The van der Waals surface area contributed by atoms with Crippen molar-refractivity contribution in [3.8, 4) is 0 Å². The maximum Gasteiger partial charge on any atom is 0.273 e. The maximum atomic E-state index is 12.9. The van der Waals surface area contributed by atoms with Crippen LogP contribution in [0.3, 0.4) is 0 Å². The molecular weight excluding hydrogens is 402 g/mol. The third-order valence-corrected chi connectivity index (χ3v) is 8.02. The van der Waals surface area contributed by atoms with Gasteiger partial charge in [-0.1, -0.05) is 19.0 Å². The molecule has 0 spiro atoms. The van der Waals surface area contributed by atoms with Crippen LogP contribution in [0, 0.1) is 0 Å². The molecule has 2 heterocycles. The summed E-state index contributed by atoms with van der Waals surface area (Å²) in [5.74, 6) is 1.35. The van der Waals surface area contributed by atoms with E-state index in [1.54, 1.807) is 10.4 Å². The molecule has 3 rings (SSSR count). The van der Waals surface area contributed by atoms with Gasteiger partial charge in [0, 0.05) is 36.0 Å². The summed E-state index contributed by atoms with van der Waals surface area (Å²) in [5, 5.41) is 6.95. The lowest BCUT2D eigenvalue weighted by Crippen LogP contribution is -2.57. The Morgan fingerprint density at radius 2 is 1.93 bits per heavy atom. The van der Waals surface area contributed by atoms with Crippen molar-refractivity contribution in [3.63, 3.8) is 0 Å². The predicted molar refractivity (Wildman–Crippen MR) is 108 cm³/mol. The summed E-state index contributed by atoms with van der Waals surface area (Å²) in [4.78, 5) is 12.6. The maximum absolute atomic E-state index is 12.9. The van der Waals surface area contributed by atoms with Gasteiger partial charge < -0.3 is 9.84 Å². The molecule has 1 aromatic heterocycles. The number of nitrogens with zero attached hydrogens (tertiary/aromatic N) is 2. The number of piperidine rings is 1. The van der Waals surface area contributed by atoms with Crippen LogP contribution < -0.4 is 5.32 Å². The number of hydrogen-bond donors (Lipinski definition) is 1. The fourth-order valence-electron chi connectivity index (χ4n) is 4.08. The zero-order valence-corrected chi connectivity index (χ0v) is 18.1. The van der Waals surface area contributed by atoms with Crippen LogP contribution in [0.5, 0.6) is 0 Å². The Kier molecular flexibility index (Phi) is 7.04. The third-order valence-electron chi connectivity index (χ3n) is 5.71. The molecule has 0 aromatic carbocycles. The van der Waals surface area contributed by atoms with E-state index < -0.39 is 10.0 Å². The molecule has 2 fully saturated rings. The average Bonchev–Trinajstić information content (AvgIpc) is 3.41. The van der Waals surface area contributed by atoms with Crippen LogP contribution in [-0.4, -0.2) is 53.5 Å². The summed E-state index contributed by atoms with van der Waals surface area (Å²) >= 11 is 5.71. The molecule has 0 bridgehead atoms. The number of aromatic nitrogens is 1. The van der Waals surface area contributed by atoms with Crippen LogP contribution in [0.25, 0.3) is 0 Å². The van der Waals surface area contributed by atoms with Crippen molar-refractivity contribution in [1.82, 2.24) is 14.8 Å². The smallest absolute Gasteiger partial charge is 0.273 e. The van der Waals surface area contributed by atoms with E-state index in [2.05, 4.69) is 10.5 Å². The molecule has 1 amide bonds. The highest BCUT2D eigenvalue weighted by Gasteiger charge is 2.41. The molecule has 1 aliphatic carbocycles. The van der Waals surface area contributed by atoms with Crippen molar-refractivity contribution in [2.24, 2.45) is 0 Å². The molecule has 1 N–H and O–H groups in total. The topological polar surface area (TPSA) is 92.5 Å². The van der Waals surface area contributed by atoms with Crippen molar-refractivity contribution >= 4 is 27.5 Å². The van der Waals surface area contributed by atoms with Crippen LogP contribution in [-0.2, 0) is 10.0 Å². The van der Waals surface area contributed by atoms with Gasteiger partial charge in [-0.2, -0.15) is 4.31 Å². The van der Waals surface area contributed by atoms with E-state index in [1.807, 2.05) is 13.8 Å². The van der Waals surface area contributed by atoms with Crippen molar-refractivity contribution < 1.29 is 17.7 Å². The van der Waals surface area contributed by atoms with E-state index in [4.69, 9.17) is 16.1 Å². The van der Waals surface area contributed by atoms with Crippen molar-refractivity contribution in [2.45, 2.75) is 82.8 Å². The minimum atomic E-state index is -3.36. The van der Waals surface area contributed by atoms with E-state index >= 15 is 0 Å². The Labute approximate surface area is 172 Å². The molecule has 1 saturated heterocycles. The molecule has 158 valence electrons. The molecule has 0 unspecified atom stereocenters. The summed E-state index contributed by atoms with van der Waals surface area (Å²) in [6.07, 6.45) is 5.24. The Morgan fingerprint density at radius 1 is 1.29 bits per heavy atom. The number of halogens is 1. The summed E-state index contributed by atoms with van der Waals surface area (Å²) in [7, 11) is -3.36. The lowest BCUT2D eigenvalue weighted by Gasteiger charge is -2.44. The summed E-state index contributed by atoms with van der Waals surface area (Å²) < 4.78 is 32.7. The highest BCUT2D eigenvalue weighted by Crippen LogP contribution is 2.40. The van der Waals surface area contributed by atoms with Crippen LogP contribution in [0.2, 0.25) is 0 Å². The Bertz CT molecular complexity index is 764. The number of alkyl halides is 1. The van der Waals surface area contributed by atoms with Gasteiger partial charge in [-0.05, 0) is 44.9 Å². The number of hydrogen-bond acceptors (Lipinski definition) is 5. The minimum absolute atomic E-state index is 0.0728. The molecule has 3 atom stereocenters. The summed E-state index contributed by atoms with van der Waals surface area (Å²) in [6, 6.07) is 1.41. The zero-order chi connectivity index (χ0) is 20.3. The van der Waals surface area contributed by atoms with Gasteiger partial charge in [-0.25, -0.2) is 8.42 Å². The lowest BCUT2D eigenvalue weighted by atomic mass is 9.91. The normalized spacial score (nSPS) is 26.3. The highest BCUT2D eigenvalue weighted by molar-refractivity contribution is 7.89. The first-order valence-corrected chi connectivity index (χ1v) is 12.4. The van der Waals surface area contributed by atoms with E-state index in [0.29, 0.717) is 49.6 Å². The molecular formula is C19H30ClN3O4S. The standard InChI is InChI=1S/C19H30ClN3O4S/c1-3-15-10-14(11-16(4-2)23(15)28(25,26)9-5-8-20)21-19(24)17-12-18(27-22-17)13-6-7-13/h12-16H,3-11H2,1-2H3,(H,21,24)/t14-,15+,16-. The zero-order valence-electron chi connectivity index (χ0n) is 16.6. The van der Waals surface area contributed by atoms with Gasteiger partial charge >= 0.3 is 0 Å². The van der Waals surface area contributed by atoms with Gasteiger partial charge in [0.1, 0.15) is 5.76 Å². The number of carbonyl (C=O) groups is 1. The molecule has 7 nitrogen and oxygen atoms in total. The van der Waals surface area contributed by atoms with E-state index in [1.165, 1.54) is 0 Å². The molecule has 9 heteroatoms. The van der Waals surface area contributed by atoms with Gasteiger partial charge in [0.25, 0.3) is 5.91 Å². The average molecular weight is 432 g/mol. The summed E-state index contributed by atoms with van der Waals surface area (Å²) in [5.41, 5.74) is 0.306. The predicted octanol–water partition coefficient (Wildman–Crippen LogP) is 3.26. The van der Waals surface area contributed by atoms with Crippen LogP contribution >= 0.6 is 11.6 Å². The van der Waals surface area contributed by atoms with E-state index in [9.17, 15) is 13.2 Å². The molecule has 0 radical (unpaired) electrons. The Balaban J connectivity index is 1.68. The van der Waals surface area contributed by atoms with Crippen LogP contribution in [0.1, 0.15) is 81.0 Å². The van der Waals surface area contributed by atoms with Crippen LogP contribution in [0.15, 0.2) is 10.6 Å². The molecule has 28 heavy (non-hydrogen) atoms. The SMILES string of the molecule is CC[C@@H]1C[C@H](NC(=O)c2cc(C3CC3)on2)C[C@H](CC)N1S(=O)(=O)CCCCl. The number of rotatable bonds is 9. The Morgan fingerprint density at radius 3 is 2.46 bits per heavy atom. The van der Waals surface area contributed by atoms with Crippen LogP contribution in [0.4, 0.5) is 0 Å². The highest BCUT2D eigenvalue weighted by atomic mass is 35.5. The fourth-order valence-corrected chi connectivity index (χ4v) is 6.47. The first kappa shape index (κ1) is 21.6. The van der Waals surface area contributed by atoms with Gasteiger partial charge in [0.15, 0.2) is 5.69 Å². The van der Waals surface area contributed by atoms with Crippen molar-refractivity contribution in [2.75, 3.05) is 11.6 Å². The van der Waals surface area contributed by atoms with E-state index in [-0.39, 0.29) is 29.8 Å². The van der Waals surface area contributed by atoms with Gasteiger partial charge in [-0.3, -0.25) is 4.79 Å². The quantitative estimate of drug-likeness (QED) is 0.606. The van der Waals surface area contributed by atoms with Gasteiger partial charge in [0.2, 0.25) is 10.0 Å². The van der Waals surface area contributed by atoms with Crippen molar-refractivity contribution in [1.29, 1.82) is 0 Å². The number of amides is 1. The minimum Gasteiger partial charge on any atom is -0.360 e. The number of sulfonamides is 1. The van der Waals surface area contributed by atoms with Gasteiger partial charge in [-0.15, -0.1) is 11.6 Å². The largest absolute Gasteiger partial charge is 0.360 e. The third kappa shape index (κ3) is 4.89. The second kappa shape index (κ2) is 9.13. The fraction of sp³-hybridized carbons (Fsp3) is 0.789. The number of nitrogens with one attached hydrogen (secondary N) is 1. The van der Waals surface area contributed by atoms with Gasteiger partial charge in [0.05, 0.1) is 5.75 Å². The second-order valence-electron chi connectivity index (χ2n) is 7.84. The molecule has 1 aliphatic heterocycles. The Hall–Kier alpha value is -1.12. The monoisotopic (exact) mass is 431 g/mol. The first-order valence-electron chi connectivity index (χ1n) is 10.2. The first-order chi connectivity index (χ1) is 13.4. The molecule has 1 saturated carbocycles. The molecule has 1 aromatic rings. The van der Waals surface area contributed by atoms with E-state index in [0.717, 1.165) is 18.6 Å². The second-order valence-corrected chi connectivity index (χ2v) is 10.2.